The summed E-state index contributed by atoms with van der Waals surface area (Å²) in [5.41, 5.74) is 0.853. The normalized spacial score (nSPS) is 19.2. The number of thiophene rings is 1. The molecule has 1 saturated heterocycles. The van der Waals surface area contributed by atoms with Crippen LogP contribution in [0.4, 0.5) is 5.69 Å². The van der Waals surface area contributed by atoms with E-state index in [-0.39, 0.29) is 11.8 Å². The Morgan fingerprint density at radius 1 is 1.25 bits per heavy atom. The van der Waals surface area contributed by atoms with Gasteiger partial charge >= 0.3 is 0 Å². The molecule has 1 aliphatic rings. The fourth-order valence-corrected chi connectivity index (χ4v) is 4.44. The molecule has 1 aliphatic heterocycles. The highest BCUT2D eigenvalue weighted by atomic mass is 35.5. The number of hydrogen-bond donors (Lipinski definition) is 3. The molecule has 0 saturated carbocycles. The highest BCUT2D eigenvalue weighted by Crippen LogP contribution is 2.22. The number of benzene rings is 1. The van der Waals surface area contributed by atoms with E-state index in [0.29, 0.717) is 33.7 Å². The molecule has 3 N–H and O–H groups in total. The van der Waals surface area contributed by atoms with Crippen molar-refractivity contribution in [2.75, 3.05) is 25.0 Å². The number of nitrogens with one attached hydrogen (secondary N) is 3. The maximum Gasteiger partial charge on any atom is 0.265 e. The standard InChI is InChI=1S/C21H26ClN3O2S/c1-15-6-2-3-11-25(15)12-5-10-23-20(26)17-9-8-16(22)14-18(17)24-21(27)19-7-4-13-28-19/h4,7-9,13-15H,2-3,5-6,10-12H2,1H3,(H,23,26)(H,24,27)/p+1/t15-/m1/s1. The Balaban J connectivity index is 1.56. The molecule has 1 aromatic heterocycles. The Morgan fingerprint density at radius 3 is 2.86 bits per heavy atom. The van der Waals surface area contributed by atoms with Crippen molar-refractivity contribution in [1.29, 1.82) is 0 Å². The van der Waals surface area contributed by atoms with Gasteiger partial charge in [-0.05, 0) is 55.8 Å². The van der Waals surface area contributed by atoms with Crippen LogP contribution in [0.15, 0.2) is 35.7 Å². The number of anilines is 1. The smallest absolute Gasteiger partial charge is 0.265 e. The van der Waals surface area contributed by atoms with Crippen molar-refractivity contribution >= 4 is 40.4 Å². The number of quaternary nitrogens is 1. The van der Waals surface area contributed by atoms with Gasteiger partial charge in [0.05, 0.1) is 35.3 Å². The van der Waals surface area contributed by atoms with E-state index in [1.807, 2.05) is 11.4 Å². The van der Waals surface area contributed by atoms with Crippen molar-refractivity contribution in [1.82, 2.24) is 5.32 Å². The second-order valence-corrected chi connectivity index (χ2v) is 8.67. The molecule has 2 atom stereocenters. The van der Waals surface area contributed by atoms with Gasteiger partial charge in [0.25, 0.3) is 11.8 Å². The number of halogens is 1. The quantitative estimate of drug-likeness (QED) is 0.602. The van der Waals surface area contributed by atoms with Gasteiger partial charge in [0.1, 0.15) is 0 Å². The zero-order valence-electron chi connectivity index (χ0n) is 16.1. The van der Waals surface area contributed by atoms with Gasteiger partial charge in [0.15, 0.2) is 0 Å². The van der Waals surface area contributed by atoms with Crippen LogP contribution in [-0.2, 0) is 0 Å². The molecule has 2 amide bonds. The fourth-order valence-electron chi connectivity index (χ4n) is 3.65. The number of amides is 2. The number of carbonyl (C=O) groups excluding carboxylic acids is 2. The lowest BCUT2D eigenvalue weighted by atomic mass is 10.0. The van der Waals surface area contributed by atoms with Gasteiger partial charge in [0.2, 0.25) is 0 Å². The summed E-state index contributed by atoms with van der Waals surface area (Å²) in [6.07, 6.45) is 4.86. The van der Waals surface area contributed by atoms with Gasteiger partial charge in [-0.25, -0.2) is 0 Å². The average molecular weight is 421 g/mol. The molecule has 1 unspecified atom stereocenters. The fraction of sp³-hybridized carbons (Fsp3) is 0.429. The SMILES string of the molecule is C[C@@H]1CCCC[NH+]1CCCNC(=O)c1ccc(Cl)cc1NC(=O)c1cccs1. The van der Waals surface area contributed by atoms with Gasteiger partial charge in [-0.2, -0.15) is 0 Å². The minimum absolute atomic E-state index is 0.195. The third-order valence-corrected chi connectivity index (χ3v) is 6.37. The van der Waals surface area contributed by atoms with E-state index in [1.165, 1.54) is 37.1 Å². The zero-order valence-corrected chi connectivity index (χ0v) is 17.7. The van der Waals surface area contributed by atoms with Crippen LogP contribution >= 0.6 is 22.9 Å². The van der Waals surface area contributed by atoms with E-state index >= 15 is 0 Å². The van der Waals surface area contributed by atoms with Crippen LogP contribution in [0.25, 0.3) is 0 Å². The Labute approximate surface area is 175 Å². The van der Waals surface area contributed by atoms with Crippen LogP contribution < -0.4 is 15.5 Å². The molecular weight excluding hydrogens is 394 g/mol. The molecule has 150 valence electrons. The summed E-state index contributed by atoms with van der Waals surface area (Å²) < 4.78 is 0. The van der Waals surface area contributed by atoms with E-state index < -0.39 is 0 Å². The summed E-state index contributed by atoms with van der Waals surface area (Å²) in [5, 5.41) is 8.09. The van der Waals surface area contributed by atoms with Gasteiger partial charge < -0.3 is 15.5 Å². The van der Waals surface area contributed by atoms with Crippen molar-refractivity contribution in [3.63, 3.8) is 0 Å². The predicted octanol–water partition coefficient (Wildman–Crippen LogP) is 3.23. The van der Waals surface area contributed by atoms with Gasteiger partial charge in [0, 0.05) is 18.0 Å². The number of carbonyl (C=O) groups is 2. The lowest BCUT2D eigenvalue weighted by Crippen LogP contribution is -3.16. The molecule has 0 radical (unpaired) electrons. The molecule has 3 rings (SSSR count). The number of rotatable bonds is 7. The Morgan fingerprint density at radius 2 is 2.11 bits per heavy atom. The molecule has 1 fully saturated rings. The molecule has 2 aromatic rings. The van der Waals surface area contributed by atoms with E-state index in [0.717, 1.165) is 13.0 Å². The van der Waals surface area contributed by atoms with Crippen LogP contribution in [0, 0.1) is 0 Å². The molecule has 28 heavy (non-hydrogen) atoms. The largest absolute Gasteiger partial charge is 0.352 e. The molecule has 5 nitrogen and oxygen atoms in total. The molecule has 0 spiro atoms. The second-order valence-electron chi connectivity index (χ2n) is 7.29. The maximum absolute atomic E-state index is 12.7. The first-order valence-corrected chi connectivity index (χ1v) is 11.1. The molecule has 1 aromatic carbocycles. The minimum Gasteiger partial charge on any atom is -0.352 e. The van der Waals surface area contributed by atoms with Crippen molar-refractivity contribution in [3.8, 4) is 0 Å². The number of hydrogen-bond acceptors (Lipinski definition) is 3. The monoisotopic (exact) mass is 420 g/mol. The first-order chi connectivity index (χ1) is 13.5. The molecule has 0 bridgehead atoms. The Bertz CT molecular complexity index is 810. The van der Waals surface area contributed by atoms with Crippen molar-refractivity contribution in [2.45, 2.75) is 38.6 Å². The topological polar surface area (TPSA) is 62.6 Å². The van der Waals surface area contributed by atoms with Crippen molar-refractivity contribution in [2.24, 2.45) is 0 Å². The third kappa shape index (κ3) is 5.56. The molecule has 7 heteroatoms. The van der Waals surface area contributed by atoms with Gasteiger partial charge in [-0.3, -0.25) is 9.59 Å². The summed E-state index contributed by atoms with van der Waals surface area (Å²) in [7, 11) is 0. The van der Waals surface area contributed by atoms with Gasteiger partial charge in [-0.15, -0.1) is 11.3 Å². The summed E-state index contributed by atoms with van der Waals surface area (Å²) in [5.74, 6) is -0.436. The maximum atomic E-state index is 12.7. The van der Waals surface area contributed by atoms with Crippen molar-refractivity contribution in [3.05, 3.63) is 51.2 Å². The summed E-state index contributed by atoms with van der Waals surface area (Å²) >= 11 is 7.42. The third-order valence-electron chi connectivity index (χ3n) is 5.26. The van der Waals surface area contributed by atoms with Crippen LogP contribution in [-0.4, -0.2) is 37.5 Å². The highest BCUT2D eigenvalue weighted by molar-refractivity contribution is 7.12. The van der Waals surface area contributed by atoms with E-state index in [9.17, 15) is 9.59 Å². The lowest BCUT2D eigenvalue weighted by molar-refractivity contribution is -0.928. The summed E-state index contributed by atoms with van der Waals surface area (Å²) in [6, 6.07) is 9.20. The second kappa shape index (κ2) is 10.0. The lowest BCUT2D eigenvalue weighted by Gasteiger charge is -2.30. The van der Waals surface area contributed by atoms with Gasteiger partial charge in [-0.1, -0.05) is 17.7 Å². The zero-order chi connectivity index (χ0) is 19.9. The van der Waals surface area contributed by atoms with Crippen LogP contribution in [0.1, 0.15) is 52.6 Å². The first-order valence-electron chi connectivity index (χ1n) is 9.82. The average Bonchev–Trinajstić information content (AvgIpc) is 3.21. The highest BCUT2D eigenvalue weighted by Gasteiger charge is 2.21. The summed E-state index contributed by atoms with van der Waals surface area (Å²) in [6.45, 7) is 5.23. The van der Waals surface area contributed by atoms with Crippen LogP contribution in [0.3, 0.4) is 0 Å². The van der Waals surface area contributed by atoms with E-state index in [1.54, 1.807) is 29.2 Å². The van der Waals surface area contributed by atoms with E-state index in [2.05, 4.69) is 17.6 Å². The van der Waals surface area contributed by atoms with Crippen LogP contribution in [0.5, 0.6) is 0 Å². The Kier molecular flexibility index (Phi) is 7.48. The van der Waals surface area contributed by atoms with Crippen LogP contribution in [0.2, 0.25) is 5.02 Å². The minimum atomic E-state index is -0.242. The first kappa shape index (κ1) is 20.8. The molecule has 2 heterocycles. The summed E-state index contributed by atoms with van der Waals surface area (Å²) in [4.78, 5) is 27.2. The number of piperidine rings is 1. The Hall–Kier alpha value is -1.89. The molecular formula is C21H27ClN3O2S+. The van der Waals surface area contributed by atoms with E-state index in [4.69, 9.17) is 11.6 Å². The molecule has 0 aliphatic carbocycles. The predicted molar refractivity (Wildman–Crippen MR) is 115 cm³/mol. The van der Waals surface area contributed by atoms with Crippen molar-refractivity contribution < 1.29 is 14.5 Å². The number of likely N-dealkylation sites (tertiary alicyclic amines) is 1.